The van der Waals surface area contributed by atoms with Gasteiger partial charge in [-0.05, 0) is 17.7 Å². The van der Waals surface area contributed by atoms with Crippen molar-refractivity contribution >= 4 is 33.6 Å². The van der Waals surface area contributed by atoms with Crippen LogP contribution in [0.5, 0.6) is 0 Å². The third-order valence-corrected chi connectivity index (χ3v) is 3.95. The second-order valence-electron chi connectivity index (χ2n) is 4.35. The molecule has 0 bridgehead atoms. The Kier molecular flexibility index (Phi) is 6.49. The molecule has 1 aliphatic rings. The Hall–Kier alpha value is -1.95. The number of benzene rings is 1. The molecule has 1 fully saturated rings. The van der Waals surface area contributed by atoms with Gasteiger partial charge in [0.1, 0.15) is 0 Å². The molecule has 24 heavy (non-hydrogen) atoms. The number of hydroxylamine groups is 2. The van der Waals surface area contributed by atoms with E-state index >= 15 is 0 Å². The minimum Gasteiger partial charge on any atom is -1.00 e. The fourth-order valence-electron chi connectivity index (χ4n) is 1.76. The van der Waals surface area contributed by atoms with Gasteiger partial charge in [-0.15, -0.1) is 5.06 Å². The van der Waals surface area contributed by atoms with Crippen molar-refractivity contribution in [1.29, 1.82) is 0 Å². The van der Waals surface area contributed by atoms with Gasteiger partial charge in [0.25, 0.3) is 21.9 Å². The second kappa shape index (κ2) is 7.75. The average Bonchev–Trinajstić information content (AvgIpc) is 2.76. The minimum atomic E-state index is -4.78. The number of nitrogens with zero attached hydrogens (tertiary/aromatic N) is 4. The summed E-state index contributed by atoms with van der Waals surface area (Å²) in [6, 6.07) is 5.03. The fourth-order valence-corrected chi connectivity index (χ4v) is 2.47. The zero-order valence-corrected chi connectivity index (χ0v) is 15.0. The van der Waals surface area contributed by atoms with Crippen LogP contribution in [0.2, 0.25) is 0 Å². The summed E-state index contributed by atoms with van der Waals surface area (Å²) < 4.78 is 30.8. The first-order valence-electron chi connectivity index (χ1n) is 5.94. The molecule has 1 saturated heterocycles. The molecule has 1 heterocycles. The summed E-state index contributed by atoms with van der Waals surface area (Å²) in [6.07, 6.45) is -0.819. The van der Waals surface area contributed by atoms with Crippen LogP contribution >= 0.6 is 0 Å². The molecular formula is C11H9N4NaO7S. The quantitative estimate of drug-likeness (QED) is 0.158. The molecule has 122 valence electrons. The number of amides is 2. The Bertz CT molecular complexity index is 838. The summed E-state index contributed by atoms with van der Waals surface area (Å²) in [7, 11) is -4.78. The van der Waals surface area contributed by atoms with Gasteiger partial charge in [0, 0.05) is 10.6 Å². The number of azide groups is 1. The summed E-state index contributed by atoms with van der Waals surface area (Å²) in [4.78, 5) is 42.2. The van der Waals surface area contributed by atoms with E-state index in [9.17, 15) is 22.8 Å². The number of rotatable bonds is 4. The molecule has 11 nitrogen and oxygen atoms in total. The van der Waals surface area contributed by atoms with Crippen molar-refractivity contribution in [3.8, 4) is 0 Å². The van der Waals surface area contributed by atoms with Crippen molar-refractivity contribution in [2.45, 2.75) is 11.7 Å². The van der Waals surface area contributed by atoms with Crippen molar-refractivity contribution in [3.63, 3.8) is 0 Å². The Labute approximate surface area is 158 Å². The van der Waals surface area contributed by atoms with E-state index in [-0.39, 0.29) is 47.3 Å². The number of carbonyl (C=O) groups excluding carboxylic acids is 3. The first-order chi connectivity index (χ1) is 10.7. The number of imide groups is 1. The van der Waals surface area contributed by atoms with E-state index in [0.29, 0.717) is 0 Å². The van der Waals surface area contributed by atoms with Gasteiger partial charge in [0.15, 0.2) is 5.25 Å². The third kappa shape index (κ3) is 4.32. The van der Waals surface area contributed by atoms with Crippen LogP contribution in [-0.4, -0.2) is 41.1 Å². The van der Waals surface area contributed by atoms with E-state index in [1.165, 1.54) is 24.3 Å². The van der Waals surface area contributed by atoms with Gasteiger partial charge >= 0.3 is 35.5 Å². The molecule has 1 unspecified atom stereocenters. The molecule has 1 aliphatic heterocycles. The van der Waals surface area contributed by atoms with Crippen LogP contribution in [0.25, 0.3) is 10.4 Å². The third-order valence-electron chi connectivity index (χ3n) is 2.86. The second-order valence-corrected chi connectivity index (χ2v) is 5.95. The monoisotopic (exact) mass is 364 g/mol. The minimum absolute atomic E-state index is 0. The zero-order valence-electron chi connectivity index (χ0n) is 13.2. The summed E-state index contributed by atoms with van der Waals surface area (Å²) in [5.74, 6) is -3.52. The smallest absolute Gasteiger partial charge is 1.00 e. The number of hydrogen-bond donors (Lipinski definition) is 1. The van der Waals surface area contributed by atoms with Crippen molar-refractivity contribution in [1.82, 2.24) is 5.06 Å². The van der Waals surface area contributed by atoms with E-state index < -0.39 is 39.6 Å². The summed E-state index contributed by atoms with van der Waals surface area (Å²) in [6.45, 7) is 0. The molecule has 2 amide bonds. The molecule has 0 radical (unpaired) electrons. The van der Waals surface area contributed by atoms with Crippen LogP contribution in [0.1, 0.15) is 18.2 Å². The average molecular weight is 364 g/mol. The van der Waals surface area contributed by atoms with E-state index in [4.69, 9.17) is 10.1 Å². The van der Waals surface area contributed by atoms with Crippen LogP contribution < -0.4 is 29.6 Å². The van der Waals surface area contributed by atoms with Crippen molar-refractivity contribution in [3.05, 3.63) is 40.3 Å². The maximum Gasteiger partial charge on any atom is 1.00 e. The molecule has 0 aromatic heterocycles. The summed E-state index contributed by atoms with van der Waals surface area (Å²) in [5.41, 5.74) is 8.41. The summed E-state index contributed by atoms with van der Waals surface area (Å²) in [5, 5.41) is 1.30. The molecular weight excluding hydrogens is 355 g/mol. The Morgan fingerprint density at radius 1 is 1.38 bits per heavy atom. The molecule has 0 aliphatic carbocycles. The van der Waals surface area contributed by atoms with Gasteiger partial charge in [0.05, 0.1) is 12.0 Å². The van der Waals surface area contributed by atoms with E-state index in [0.717, 1.165) is 0 Å². The van der Waals surface area contributed by atoms with E-state index in [1.54, 1.807) is 0 Å². The molecule has 0 spiro atoms. The molecule has 0 saturated carbocycles. The van der Waals surface area contributed by atoms with Crippen molar-refractivity contribution in [2.75, 3.05) is 0 Å². The van der Waals surface area contributed by atoms with Crippen LogP contribution in [0, 0.1) is 0 Å². The van der Waals surface area contributed by atoms with Gasteiger partial charge in [-0.2, -0.15) is 8.42 Å². The van der Waals surface area contributed by atoms with Gasteiger partial charge in [-0.3, -0.25) is 14.1 Å². The SMILES string of the molecule is [H-].[N-]=[N+]=Nc1ccc(C(=O)ON2C(=O)CC(S(=O)(=O)O)C2=O)cc1.[Na+]. The fraction of sp³-hybridized carbons (Fsp3) is 0.182. The largest absolute Gasteiger partial charge is 1.00 e. The van der Waals surface area contributed by atoms with E-state index in [1.807, 2.05) is 0 Å². The molecule has 1 N–H and O–H groups in total. The molecule has 1 aromatic rings. The normalized spacial score (nSPS) is 17.0. The van der Waals surface area contributed by atoms with Crippen molar-refractivity contribution in [2.24, 2.45) is 5.11 Å². The van der Waals surface area contributed by atoms with Crippen LogP contribution in [-0.2, 0) is 24.5 Å². The van der Waals surface area contributed by atoms with Gasteiger partial charge in [0.2, 0.25) is 0 Å². The Balaban J connectivity index is 0.00000288. The van der Waals surface area contributed by atoms with Crippen LogP contribution in [0.4, 0.5) is 5.69 Å². The maximum atomic E-state index is 11.8. The van der Waals surface area contributed by atoms with Gasteiger partial charge in [-0.1, -0.05) is 17.2 Å². The molecule has 13 heteroatoms. The van der Waals surface area contributed by atoms with Crippen LogP contribution in [0.3, 0.4) is 0 Å². The zero-order chi connectivity index (χ0) is 17.2. The van der Waals surface area contributed by atoms with E-state index in [2.05, 4.69) is 14.9 Å². The molecule has 1 aromatic carbocycles. The molecule has 1 atom stereocenters. The van der Waals surface area contributed by atoms with Gasteiger partial charge < -0.3 is 6.26 Å². The first kappa shape index (κ1) is 20.1. The summed E-state index contributed by atoms with van der Waals surface area (Å²) >= 11 is 0. The predicted octanol–water partition coefficient (Wildman–Crippen LogP) is -2.17. The van der Waals surface area contributed by atoms with Gasteiger partial charge in [-0.25, -0.2) is 4.79 Å². The molecule has 2 rings (SSSR count). The topological polar surface area (TPSA) is 167 Å². The Morgan fingerprint density at radius 3 is 2.42 bits per heavy atom. The van der Waals surface area contributed by atoms with Crippen molar-refractivity contribution < 1.29 is 63.2 Å². The van der Waals surface area contributed by atoms with Crippen LogP contribution in [0.15, 0.2) is 29.4 Å². The standard InChI is InChI=1S/C11H8N4O7S.Na.H/c12-14-13-7-3-1-6(2-4-7)11(18)22-15-9(16)5-8(10(15)17)23(19,20)21;;/h1-4,8H,5H2,(H,19,20,21);;/q;+1;-1. The number of hydrogen-bond acceptors (Lipinski definition) is 7. The Morgan fingerprint density at radius 2 is 1.96 bits per heavy atom. The predicted molar refractivity (Wildman–Crippen MR) is 73.6 cm³/mol. The first-order valence-corrected chi connectivity index (χ1v) is 7.45. The maximum absolute atomic E-state index is 11.8. The number of carbonyl (C=O) groups is 3.